The first-order valence-corrected chi connectivity index (χ1v) is 9.20. The molecule has 1 aromatic carbocycles. The highest BCUT2D eigenvalue weighted by atomic mass is 32.1. The average molecular weight is 383 g/mol. The summed E-state index contributed by atoms with van der Waals surface area (Å²) in [6.07, 6.45) is 3.15. The Kier molecular flexibility index (Phi) is 5.17. The van der Waals surface area contributed by atoms with Crippen LogP contribution in [0.25, 0.3) is 5.69 Å². The molecule has 0 unspecified atom stereocenters. The number of anilines is 1. The van der Waals surface area contributed by atoms with Gasteiger partial charge in [0, 0.05) is 23.5 Å². The summed E-state index contributed by atoms with van der Waals surface area (Å²) < 4.78 is 6.88. The Labute approximate surface area is 159 Å². The van der Waals surface area contributed by atoms with E-state index in [-0.39, 0.29) is 5.91 Å². The maximum absolute atomic E-state index is 12.2. The second-order valence-electron chi connectivity index (χ2n) is 5.78. The molecular formula is C17H17N7O2S. The number of hydrogen-bond donors (Lipinski definition) is 1. The van der Waals surface area contributed by atoms with Gasteiger partial charge in [-0.15, -0.1) is 16.4 Å². The van der Waals surface area contributed by atoms with E-state index in [2.05, 4.69) is 37.0 Å². The van der Waals surface area contributed by atoms with E-state index in [0.717, 1.165) is 36.9 Å². The third-order valence-electron chi connectivity index (χ3n) is 4.04. The number of carbonyl (C=O) groups is 1. The number of carbonyl (C=O) groups excluding carboxylic acids is 1. The van der Waals surface area contributed by atoms with E-state index in [4.69, 9.17) is 4.74 Å². The van der Waals surface area contributed by atoms with Crippen LogP contribution in [0.3, 0.4) is 0 Å². The van der Waals surface area contributed by atoms with Crippen molar-refractivity contribution in [3.05, 3.63) is 53.2 Å². The van der Waals surface area contributed by atoms with Gasteiger partial charge < -0.3 is 9.64 Å². The van der Waals surface area contributed by atoms with Gasteiger partial charge in [-0.1, -0.05) is 0 Å². The Morgan fingerprint density at radius 1 is 1.19 bits per heavy atom. The minimum Gasteiger partial charge on any atom is -0.378 e. The van der Waals surface area contributed by atoms with Crippen molar-refractivity contribution in [2.24, 2.45) is 5.10 Å². The van der Waals surface area contributed by atoms with Crippen molar-refractivity contribution >= 4 is 28.5 Å². The molecule has 3 heterocycles. The molecule has 0 aliphatic carbocycles. The molecule has 9 nitrogen and oxygen atoms in total. The molecule has 0 bridgehead atoms. The van der Waals surface area contributed by atoms with Gasteiger partial charge in [-0.3, -0.25) is 4.79 Å². The summed E-state index contributed by atoms with van der Waals surface area (Å²) in [6, 6.07) is 11.0. The van der Waals surface area contributed by atoms with Gasteiger partial charge in [-0.2, -0.15) is 5.10 Å². The largest absolute Gasteiger partial charge is 0.378 e. The Balaban J connectivity index is 1.34. The van der Waals surface area contributed by atoms with Crippen LogP contribution in [-0.4, -0.2) is 58.6 Å². The fourth-order valence-corrected chi connectivity index (χ4v) is 3.56. The van der Waals surface area contributed by atoms with E-state index < -0.39 is 0 Å². The summed E-state index contributed by atoms with van der Waals surface area (Å²) in [7, 11) is 0. The van der Waals surface area contributed by atoms with Gasteiger partial charge in [-0.25, -0.2) is 10.1 Å². The van der Waals surface area contributed by atoms with Gasteiger partial charge in [0.2, 0.25) is 0 Å². The summed E-state index contributed by atoms with van der Waals surface area (Å²) in [4.78, 5) is 15.5. The number of amides is 1. The number of hydrogen-bond acceptors (Lipinski definition) is 8. The van der Waals surface area contributed by atoms with Crippen molar-refractivity contribution in [3.63, 3.8) is 0 Å². The molecule has 27 heavy (non-hydrogen) atoms. The van der Waals surface area contributed by atoms with E-state index in [0.29, 0.717) is 5.56 Å². The first-order valence-electron chi connectivity index (χ1n) is 8.39. The van der Waals surface area contributed by atoms with Crippen molar-refractivity contribution < 1.29 is 9.53 Å². The molecule has 1 aliphatic heterocycles. The zero-order chi connectivity index (χ0) is 18.5. The zero-order valence-corrected chi connectivity index (χ0v) is 15.2. The van der Waals surface area contributed by atoms with Crippen LogP contribution in [0.4, 0.5) is 5.00 Å². The third kappa shape index (κ3) is 4.18. The van der Waals surface area contributed by atoms with Gasteiger partial charge in [0.25, 0.3) is 5.91 Å². The lowest BCUT2D eigenvalue weighted by Crippen LogP contribution is -2.35. The number of tetrazole rings is 1. The maximum atomic E-state index is 12.2. The number of nitrogens with zero attached hydrogens (tertiary/aromatic N) is 6. The molecular weight excluding hydrogens is 366 g/mol. The number of aromatic nitrogens is 4. The van der Waals surface area contributed by atoms with Crippen LogP contribution in [0.15, 0.2) is 47.8 Å². The number of hydrazone groups is 1. The molecule has 1 N–H and O–H groups in total. The minimum absolute atomic E-state index is 0.278. The van der Waals surface area contributed by atoms with Crippen molar-refractivity contribution in [1.29, 1.82) is 0 Å². The van der Waals surface area contributed by atoms with Gasteiger partial charge in [0.15, 0.2) is 0 Å². The van der Waals surface area contributed by atoms with E-state index >= 15 is 0 Å². The summed E-state index contributed by atoms with van der Waals surface area (Å²) in [6.45, 7) is 3.30. The standard InChI is InChI=1S/C17H17N7O2S/c25-17(13-1-3-14(4-2-13)24-12-19-21-22-24)20-18-11-15-5-6-16(27-15)23-7-9-26-10-8-23/h1-6,11-12H,7-10H2,(H,20,25)/b18-11+. The van der Waals surface area contributed by atoms with E-state index in [1.54, 1.807) is 41.8 Å². The molecule has 0 atom stereocenters. The lowest BCUT2D eigenvalue weighted by molar-refractivity contribution is 0.0955. The zero-order valence-electron chi connectivity index (χ0n) is 14.4. The molecule has 10 heteroatoms. The highest BCUT2D eigenvalue weighted by molar-refractivity contribution is 7.17. The van der Waals surface area contributed by atoms with E-state index in [1.807, 2.05) is 6.07 Å². The van der Waals surface area contributed by atoms with Crippen LogP contribution in [0, 0.1) is 0 Å². The smallest absolute Gasteiger partial charge is 0.271 e. The average Bonchev–Trinajstić information content (AvgIpc) is 3.41. The predicted octanol–water partition coefficient (Wildman–Crippen LogP) is 1.32. The molecule has 1 saturated heterocycles. The Hall–Kier alpha value is -3.11. The first-order chi connectivity index (χ1) is 13.3. The third-order valence-corrected chi connectivity index (χ3v) is 5.12. The molecule has 2 aromatic heterocycles. The SMILES string of the molecule is O=C(N/N=C/c1ccc(N2CCOCC2)s1)c1ccc(-n2cnnn2)cc1. The molecule has 0 spiro atoms. The van der Waals surface area contributed by atoms with Gasteiger partial charge in [-0.05, 0) is 46.8 Å². The van der Waals surface area contributed by atoms with Gasteiger partial charge in [0.05, 0.1) is 30.1 Å². The second kappa shape index (κ2) is 8.06. The Morgan fingerprint density at radius 2 is 2.00 bits per heavy atom. The molecule has 138 valence electrons. The fourth-order valence-electron chi connectivity index (χ4n) is 2.63. The van der Waals surface area contributed by atoms with Crippen LogP contribution in [0.5, 0.6) is 0 Å². The Bertz CT molecular complexity index is 915. The van der Waals surface area contributed by atoms with Crippen LogP contribution < -0.4 is 10.3 Å². The molecule has 3 aromatic rings. The summed E-state index contributed by atoms with van der Waals surface area (Å²) in [5.41, 5.74) is 3.82. The lowest BCUT2D eigenvalue weighted by Gasteiger charge is -2.27. The number of ether oxygens (including phenoxy) is 1. The normalized spacial score (nSPS) is 14.6. The molecule has 1 amide bonds. The van der Waals surface area contributed by atoms with Crippen LogP contribution in [0.2, 0.25) is 0 Å². The van der Waals surface area contributed by atoms with Crippen molar-refractivity contribution in [2.75, 3.05) is 31.2 Å². The number of morpholine rings is 1. The molecule has 1 fully saturated rings. The van der Waals surface area contributed by atoms with Crippen molar-refractivity contribution in [1.82, 2.24) is 25.6 Å². The highest BCUT2D eigenvalue weighted by Gasteiger charge is 2.12. The Morgan fingerprint density at radius 3 is 2.74 bits per heavy atom. The monoisotopic (exact) mass is 383 g/mol. The topological polar surface area (TPSA) is 97.5 Å². The van der Waals surface area contributed by atoms with Crippen LogP contribution in [-0.2, 0) is 4.74 Å². The second-order valence-corrected chi connectivity index (χ2v) is 6.87. The molecule has 1 aliphatic rings. The molecule has 4 rings (SSSR count). The summed E-state index contributed by atoms with van der Waals surface area (Å²) in [5.74, 6) is -0.278. The van der Waals surface area contributed by atoms with E-state index in [9.17, 15) is 4.79 Å². The van der Waals surface area contributed by atoms with Gasteiger partial charge in [0.1, 0.15) is 6.33 Å². The van der Waals surface area contributed by atoms with Crippen molar-refractivity contribution in [3.8, 4) is 5.69 Å². The molecule has 0 radical (unpaired) electrons. The molecule has 0 saturated carbocycles. The number of thiophene rings is 1. The number of rotatable bonds is 5. The maximum Gasteiger partial charge on any atom is 0.271 e. The quantitative estimate of drug-likeness (QED) is 0.527. The fraction of sp³-hybridized carbons (Fsp3) is 0.235. The minimum atomic E-state index is -0.278. The van der Waals surface area contributed by atoms with Crippen molar-refractivity contribution in [2.45, 2.75) is 0 Å². The highest BCUT2D eigenvalue weighted by Crippen LogP contribution is 2.25. The van der Waals surface area contributed by atoms with E-state index in [1.165, 1.54) is 16.0 Å². The summed E-state index contributed by atoms with van der Waals surface area (Å²) >= 11 is 1.64. The lowest BCUT2D eigenvalue weighted by atomic mass is 10.2. The summed E-state index contributed by atoms with van der Waals surface area (Å²) in [5, 5.41) is 16.2. The van der Waals surface area contributed by atoms with Crippen LogP contribution in [0.1, 0.15) is 15.2 Å². The first kappa shape index (κ1) is 17.3. The van der Waals surface area contributed by atoms with Crippen LogP contribution >= 0.6 is 11.3 Å². The number of benzene rings is 1. The van der Waals surface area contributed by atoms with Gasteiger partial charge >= 0.3 is 0 Å². The number of nitrogens with one attached hydrogen (secondary N) is 1. The predicted molar refractivity (Wildman–Crippen MR) is 102 cm³/mol.